The van der Waals surface area contributed by atoms with Gasteiger partial charge < -0.3 is 9.80 Å². The maximum absolute atomic E-state index is 13.2. The van der Waals surface area contributed by atoms with E-state index in [9.17, 15) is 4.79 Å². The number of amides is 1. The summed E-state index contributed by atoms with van der Waals surface area (Å²) in [5, 5.41) is 4.72. The Kier molecular flexibility index (Phi) is 4.94. The van der Waals surface area contributed by atoms with Crippen molar-refractivity contribution in [3.8, 4) is 0 Å². The maximum atomic E-state index is 13.2. The topological polar surface area (TPSA) is 41.4 Å². The second-order valence-electron chi connectivity index (χ2n) is 9.30. The molecule has 150 valence electrons. The molecule has 0 spiro atoms. The first-order valence-electron chi connectivity index (χ1n) is 10.5. The Balaban J connectivity index is 1.55. The molecule has 1 saturated carbocycles. The Bertz CT molecular complexity index is 854. The number of nitrogens with zero attached hydrogens (tertiary/aromatic N) is 4. The van der Waals surface area contributed by atoms with E-state index >= 15 is 0 Å². The average molecular weight is 381 g/mol. The van der Waals surface area contributed by atoms with Gasteiger partial charge in [0.15, 0.2) is 5.69 Å². The van der Waals surface area contributed by atoms with E-state index in [-0.39, 0.29) is 11.4 Å². The number of hydrogen-bond acceptors (Lipinski definition) is 3. The average Bonchev–Trinajstić information content (AvgIpc) is 3.18. The molecule has 0 bridgehead atoms. The van der Waals surface area contributed by atoms with Crippen molar-refractivity contribution in [3.63, 3.8) is 0 Å². The second kappa shape index (κ2) is 7.26. The Morgan fingerprint density at radius 2 is 1.86 bits per heavy atom. The molecule has 1 aromatic heterocycles. The fourth-order valence-electron chi connectivity index (χ4n) is 4.14. The van der Waals surface area contributed by atoms with Gasteiger partial charge in [0.05, 0.1) is 5.54 Å². The van der Waals surface area contributed by atoms with Crippen molar-refractivity contribution in [2.45, 2.75) is 64.5 Å². The van der Waals surface area contributed by atoms with Crippen molar-refractivity contribution < 1.29 is 4.79 Å². The van der Waals surface area contributed by atoms with Gasteiger partial charge >= 0.3 is 0 Å². The lowest BCUT2D eigenvalue weighted by atomic mass is 10.1. The zero-order valence-corrected chi connectivity index (χ0v) is 17.6. The third kappa shape index (κ3) is 3.80. The molecule has 1 amide bonds. The molecule has 2 fully saturated rings. The standard InChI is InChI=1S/C23H32N4O/c1-23(2,3)27-21(17-11-12-17)15-19(24-27)22(28)25(4)16-18-9-5-6-10-20(18)26-13-7-8-14-26/h5-6,9-10,15,17H,7-8,11-14,16H2,1-4H3. The molecular formula is C23H32N4O. The van der Waals surface area contributed by atoms with Crippen molar-refractivity contribution in [2.24, 2.45) is 0 Å². The highest BCUT2D eigenvalue weighted by atomic mass is 16.2. The van der Waals surface area contributed by atoms with Gasteiger partial charge in [-0.3, -0.25) is 9.48 Å². The fraction of sp³-hybridized carbons (Fsp3) is 0.565. The molecule has 0 atom stereocenters. The molecule has 1 aliphatic heterocycles. The number of carbonyl (C=O) groups is 1. The van der Waals surface area contributed by atoms with Crippen LogP contribution in [0.15, 0.2) is 30.3 Å². The van der Waals surface area contributed by atoms with Crippen molar-refractivity contribution in [1.82, 2.24) is 14.7 Å². The molecule has 2 aromatic rings. The molecule has 0 unspecified atom stereocenters. The smallest absolute Gasteiger partial charge is 0.274 e. The highest BCUT2D eigenvalue weighted by Gasteiger charge is 2.33. The summed E-state index contributed by atoms with van der Waals surface area (Å²) < 4.78 is 2.06. The molecule has 5 heteroatoms. The summed E-state index contributed by atoms with van der Waals surface area (Å²) in [6, 6.07) is 10.5. The van der Waals surface area contributed by atoms with Gasteiger partial charge in [0.25, 0.3) is 5.91 Å². The first kappa shape index (κ1) is 19.0. The van der Waals surface area contributed by atoms with Gasteiger partial charge in [-0.05, 0) is 64.2 Å². The van der Waals surface area contributed by atoms with Gasteiger partial charge in [0, 0.05) is 44.0 Å². The Labute approximate surface area is 168 Å². The largest absolute Gasteiger partial charge is 0.371 e. The maximum Gasteiger partial charge on any atom is 0.274 e. The molecule has 5 nitrogen and oxygen atoms in total. The highest BCUT2D eigenvalue weighted by molar-refractivity contribution is 5.92. The van der Waals surface area contributed by atoms with Crippen LogP contribution in [-0.4, -0.2) is 40.7 Å². The van der Waals surface area contributed by atoms with Crippen LogP contribution in [0, 0.1) is 0 Å². The number of benzene rings is 1. The first-order chi connectivity index (χ1) is 13.3. The van der Waals surface area contributed by atoms with Gasteiger partial charge in [0.2, 0.25) is 0 Å². The van der Waals surface area contributed by atoms with Crippen LogP contribution in [0.1, 0.15) is 74.1 Å². The molecule has 0 radical (unpaired) electrons. The molecular weight excluding hydrogens is 348 g/mol. The van der Waals surface area contributed by atoms with Crippen LogP contribution in [0.25, 0.3) is 0 Å². The van der Waals surface area contributed by atoms with Crippen molar-refractivity contribution >= 4 is 11.6 Å². The summed E-state index contributed by atoms with van der Waals surface area (Å²) in [4.78, 5) is 17.4. The van der Waals surface area contributed by atoms with Crippen molar-refractivity contribution in [2.75, 3.05) is 25.0 Å². The number of hydrogen-bond donors (Lipinski definition) is 0. The predicted molar refractivity (Wildman–Crippen MR) is 113 cm³/mol. The molecule has 1 aromatic carbocycles. The van der Waals surface area contributed by atoms with Gasteiger partial charge in [-0.1, -0.05) is 18.2 Å². The summed E-state index contributed by atoms with van der Waals surface area (Å²) in [7, 11) is 1.88. The fourth-order valence-corrected chi connectivity index (χ4v) is 4.14. The molecule has 2 aliphatic rings. The summed E-state index contributed by atoms with van der Waals surface area (Å²) >= 11 is 0. The van der Waals surface area contributed by atoms with E-state index in [2.05, 4.69) is 54.6 Å². The molecule has 1 saturated heterocycles. The minimum absolute atomic E-state index is 0.00104. The number of aromatic nitrogens is 2. The monoisotopic (exact) mass is 380 g/mol. The Morgan fingerprint density at radius 3 is 2.50 bits per heavy atom. The second-order valence-corrected chi connectivity index (χ2v) is 9.30. The molecule has 4 rings (SSSR count). The van der Waals surface area contributed by atoms with E-state index in [0.717, 1.165) is 13.1 Å². The van der Waals surface area contributed by atoms with E-state index in [1.807, 2.05) is 13.1 Å². The molecule has 2 heterocycles. The van der Waals surface area contributed by atoms with Crippen LogP contribution in [0.4, 0.5) is 5.69 Å². The van der Waals surface area contributed by atoms with Gasteiger partial charge in [-0.2, -0.15) is 5.10 Å². The van der Waals surface area contributed by atoms with Crippen LogP contribution < -0.4 is 4.90 Å². The third-order valence-corrected chi connectivity index (χ3v) is 5.78. The minimum atomic E-state index is -0.114. The molecule has 28 heavy (non-hydrogen) atoms. The lowest BCUT2D eigenvalue weighted by Crippen LogP contribution is -2.29. The summed E-state index contributed by atoms with van der Waals surface area (Å²) in [5.74, 6) is 0.565. The Morgan fingerprint density at radius 1 is 1.18 bits per heavy atom. The van der Waals surface area contributed by atoms with Crippen molar-refractivity contribution in [1.29, 1.82) is 0 Å². The van der Waals surface area contributed by atoms with E-state index < -0.39 is 0 Å². The van der Waals surface area contributed by atoms with E-state index in [0.29, 0.717) is 18.2 Å². The van der Waals surface area contributed by atoms with Gasteiger partial charge in [-0.15, -0.1) is 0 Å². The lowest BCUT2D eigenvalue weighted by Gasteiger charge is -2.24. The lowest BCUT2D eigenvalue weighted by molar-refractivity contribution is 0.0777. The van der Waals surface area contributed by atoms with E-state index in [1.54, 1.807) is 4.90 Å². The third-order valence-electron chi connectivity index (χ3n) is 5.78. The molecule has 1 aliphatic carbocycles. The molecule has 0 N–H and O–H groups in total. The number of para-hydroxylation sites is 1. The number of anilines is 1. The van der Waals surface area contributed by atoms with Crippen LogP contribution in [0.3, 0.4) is 0 Å². The van der Waals surface area contributed by atoms with Gasteiger partial charge in [-0.25, -0.2) is 0 Å². The Hall–Kier alpha value is -2.30. The summed E-state index contributed by atoms with van der Waals surface area (Å²) in [6.45, 7) is 9.26. The van der Waals surface area contributed by atoms with Crippen LogP contribution in [0.5, 0.6) is 0 Å². The summed E-state index contributed by atoms with van der Waals surface area (Å²) in [5.41, 5.74) is 4.13. The number of carbonyl (C=O) groups excluding carboxylic acids is 1. The number of rotatable bonds is 5. The zero-order chi connectivity index (χ0) is 19.9. The van der Waals surface area contributed by atoms with E-state index in [1.165, 1.54) is 42.6 Å². The normalized spacial score (nSPS) is 17.2. The SMILES string of the molecule is CN(Cc1ccccc1N1CCCC1)C(=O)c1cc(C2CC2)n(C(C)(C)C)n1. The van der Waals surface area contributed by atoms with Crippen LogP contribution in [0.2, 0.25) is 0 Å². The van der Waals surface area contributed by atoms with Crippen molar-refractivity contribution in [3.05, 3.63) is 47.3 Å². The van der Waals surface area contributed by atoms with E-state index in [4.69, 9.17) is 5.10 Å². The minimum Gasteiger partial charge on any atom is -0.371 e. The zero-order valence-electron chi connectivity index (χ0n) is 17.6. The highest BCUT2D eigenvalue weighted by Crippen LogP contribution is 2.41. The van der Waals surface area contributed by atoms with Crippen LogP contribution in [-0.2, 0) is 12.1 Å². The first-order valence-corrected chi connectivity index (χ1v) is 10.5. The van der Waals surface area contributed by atoms with Crippen LogP contribution >= 0.6 is 0 Å². The summed E-state index contributed by atoms with van der Waals surface area (Å²) in [6.07, 6.45) is 4.90. The quantitative estimate of drug-likeness (QED) is 0.773. The predicted octanol–water partition coefficient (Wildman–Crippen LogP) is 4.39. The van der Waals surface area contributed by atoms with Gasteiger partial charge in [0.1, 0.15) is 0 Å².